The number of nitrogens with zero attached hydrogens (tertiary/aromatic N) is 2. The van der Waals surface area contributed by atoms with Crippen LogP contribution in [-0.2, 0) is 0 Å². The third kappa shape index (κ3) is 4.17. The highest BCUT2D eigenvalue weighted by atomic mass is 16.5. The normalized spacial score (nSPS) is 11.2. The van der Waals surface area contributed by atoms with Gasteiger partial charge in [0.2, 0.25) is 0 Å². The summed E-state index contributed by atoms with van der Waals surface area (Å²) >= 11 is 0. The molecule has 0 bridgehead atoms. The Bertz CT molecular complexity index is 840. The fourth-order valence-electron chi connectivity index (χ4n) is 2.30. The standard InChI is InChI=1S/C21H18N2O/c1-24-21-16-19(3-2-17-8-12-22-13-9-17)5-7-20(21)6-4-18-10-14-23-15-11-18/h2-16H,1H3/b3-2+,6-4+. The molecule has 0 saturated heterocycles. The Balaban J connectivity index is 1.80. The van der Waals surface area contributed by atoms with E-state index < -0.39 is 0 Å². The summed E-state index contributed by atoms with van der Waals surface area (Å²) in [5.74, 6) is 0.845. The number of hydrogen-bond acceptors (Lipinski definition) is 3. The van der Waals surface area contributed by atoms with E-state index in [1.54, 1.807) is 31.9 Å². The maximum absolute atomic E-state index is 5.52. The molecule has 0 radical (unpaired) electrons. The van der Waals surface area contributed by atoms with Gasteiger partial charge in [0.15, 0.2) is 0 Å². The smallest absolute Gasteiger partial charge is 0.126 e. The van der Waals surface area contributed by atoms with Crippen LogP contribution in [0, 0.1) is 0 Å². The van der Waals surface area contributed by atoms with E-state index in [-0.39, 0.29) is 0 Å². The van der Waals surface area contributed by atoms with Crippen molar-refractivity contribution in [2.24, 2.45) is 0 Å². The molecule has 0 N–H and O–H groups in total. The maximum Gasteiger partial charge on any atom is 0.126 e. The average molecular weight is 314 g/mol. The Morgan fingerprint density at radius 1 is 0.667 bits per heavy atom. The molecule has 0 unspecified atom stereocenters. The molecule has 0 saturated carbocycles. The molecule has 0 aliphatic carbocycles. The summed E-state index contributed by atoms with van der Waals surface area (Å²) in [6.07, 6.45) is 15.3. The minimum absolute atomic E-state index is 0.845. The molecule has 0 fully saturated rings. The van der Waals surface area contributed by atoms with Crippen LogP contribution in [0.1, 0.15) is 22.3 Å². The predicted octanol–water partition coefficient (Wildman–Crippen LogP) is 4.83. The Labute approximate surface area is 142 Å². The van der Waals surface area contributed by atoms with Crippen LogP contribution in [0.25, 0.3) is 24.3 Å². The first-order valence-electron chi connectivity index (χ1n) is 7.69. The van der Waals surface area contributed by atoms with Gasteiger partial charge in [0.1, 0.15) is 5.75 Å². The summed E-state index contributed by atoms with van der Waals surface area (Å²) in [7, 11) is 1.69. The lowest BCUT2D eigenvalue weighted by molar-refractivity contribution is 0.414. The van der Waals surface area contributed by atoms with Crippen LogP contribution < -0.4 is 4.74 Å². The van der Waals surface area contributed by atoms with Crippen LogP contribution in [0.4, 0.5) is 0 Å². The lowest BCUT2D eigenvalue weighted by atomic mass is 10.1. The van der Waals surface area contributed by atoms with Crippen LogP contribution in [0.3, 0.4) is 0 Å². The summed E-state index contributed by atoms with van der Waals surface area (Å²) < 4.78 is 5.52. The van der Waals surface area contributed by atoms with Crippen LogP contribution in [0.5, 0.6) is 5.75 Å². The largest absolute Gasteiger partial charge is 0.496 e. The first-order chi connectivity index (χ1) is 11.8. The number of aromatic nitrogens is 2. The number of rotatable bonds is 5. The second-order valence-electron chi connectivity index (χ2n) is 5.23. The molecule has 0 amide bonds. The summed E-state index contributed by atoms with van der Waals surface area (Å²) in [6.45, 7) is 0. The SMILES string of the molecule is COc1cc(/C=C/c2ccncc2)ccc1/C=C/c1ccncc1. The molecule has 24 heavy (non-hydrogen) atoms. The zero-order chi connectivity index (χ0) is 16.6. The van der Waals surface area contributed by atoms with Crippen molar-refractivity contribution >= 4 is 24.3 Å². The summed E-state index contributed by atoms with van der Waals surface area (Å²) in [6, 6.07) is 14.0. The molecule has 3 rings (SSSR count). The third-order valence-corrected chi connectivity index (χ3v) is 3.59. The molecule has 0 aliphatic heterocycles. The molecule has 3 heteroatoms. The van der Waals surface area contributed by atoms with Gasteiger partial charge in [0.05, 0.1) is 7.11 Å². The Morgan fingerprint density at radius 2 is 1.21 bits per heavy atom. The average Bonchev–Trinajstić information content (AvgIpc) is 2.66. The van der Waals surface area contributed by atoms with Gasteiger partial charge in [-0.25, -0.2) is 0 Å². The topological polar surface area (TPSA) is 35.0 Å². The molecule has 118 valence electrons. The lowest BCUT2D eigenvalue weighted by Gasteiger charge is -2.06. The highest BCUT2D eigenvalue weighted by molar-refractivity contribution is 5.75. The van der Waals surface area contributed by atoms with Crippen LogP contribution in [0.2, 0.25) is 0 Å². The van der Waals surface area contributed by atoms with E-state index in [1.807, 2.05) is 42.5 Å². The monoisotopic (exact) mass is 314 g/mol. The number of ether oxygens (including phenoxy) is 1. The van der Waals surface area contributed by atoms with E-state index in [4.69, 9.17) is 4.74 Å². The van der Waals surface area contributed by atoms with Gasteiger partial charge in [-0.1, -0.05) is 36.4 Å². The molecular weight excluding hydrogens is 296 g/mol. The van der Waals surface area contributed by atoms with Crippen molar-refractivity contribution in [1.29, 1.82) is 0 Å². The molecule has 0 aliphatic rings. The van der Waals surface area contributed by atoms with E-state index in [2.05, 4.69) is 34.3 Å². The van der Waals surface area contributed by atoms with Crippen molar-refractivity contribution in [2.45, 2.75) is 0 Å². The first-order valence-corrected chi connectivity index (χ1v) is 7.69. The summed E-state index contributed by atoms with van der Waals surface area (Å²) in [5.41, 5.74) is 4.35. The van der Waals surface area contributed by atoms with Crippen molar-refractivity contribution < 1.29 is 4.74 Å². The fraction of sp³-hybridized carbons (Fsp3) is 0.0476. The summed E-state index contributed by atoms with van der Waals surface area (Å²) in [5, 5.41) is 0. The van der Waals surface area contributed by atoms with Gasteiger partial charge in [-0.05, 0) is 47.0 Å². The maximum atomic E-state index is 5.52. The number of benzene rings is 1. The van der Waals surface area contributed by atoms with Crippen molar-refractivity contribution in [3.05, 3.63) is 89.5 Å². The Kier molecular flexibility index (Phi) is 5.15. The van der Waals surface area contributed by atoms with Gasteiger partial charge < -0.3 is 4.74 Å². The Morgan fingerprint density at radius 3 is 1.79 bits per heavy atom. The molecule has 0 spiro atoms. The van der Waals surface area contributed by atoms with Crippen molar-refractivity contribution in [2.75, 3.05) is 7.11 Å². The van der Waals surface area contributed by atoms with Gasteiger partial charge in [-0.15, -0.1) is 0 Å². The van der Waals surface area contributed by atoms with Crippen molar-refractivity contribution in [3.63, 3.8) is 0 Å². The zero-order valence-electron chi connectivity index (χ0n) is 13.5. The quantitative estimate of drug-likeness (QED) is 0.677. The van der Waals surface area contributed by atoms with E-state index in [9.17, 15) is 0 Å². The molecule has 1 aromatic carbocycles. The second kappa shape index (κ2) is 7.88. The summed E-state index contributed by atoms with van der Waals surface area (Å²) in [4.78, 5) is 8.04. The Hall–Kier alpha value is -3.20. The van der Waals surface area contributed by atoms with Crippen molar-refractivity contribution in [3.8, 4) is 5.75 Å². The van der Waals surface area contributed by atoms with Gasteiger partial charge in [0, 0.05) is 30.4 Å². The van der Waals surface area contributed by atoms with E-state index in [0.717, 1.165) is 28.0 Å². The number of hydrogen-bond donors (Lipinski definition) is 0. The highest BCUT2D eigenvalue weighted by Crippen LogP contribution is 2.23. The van der Waals surface area contributed by atoms with Gasteiger partial charge in [-0.2, -0.15) is 0 Å². The first kappa shape index (κ1) is 15.7. The zero-order valence-corrected chi connectivity index (χ0v) is 13.5. The van der Waals surface area contributed by atoms with E-state index in [1.165, 1.54) is 0 Å². The van der Waals surface area contributed by atoms with Crippen molar-refractivity contribution in [1.82, 2.24) is 9.97 Å². The number of methoxy groups -OCH3 is 1. The minimum Gasteiger partial charge on any atom is -0.496 e. The van der Waals surface area contributed by atoms with Crippen LogP contribution >= 0.6 is 0 Å². The molecule has 3 nitrogen and oxygen atoms in total. The third-order valence-electron chi connectivity index (χ3n) is 3.59. The van der Waals surface area contributed by atoms with Gasteiger partial charge >= 0.3 is 0 Å². The lowest BCUT2D eigenvalue weighted by Crippen LogP contribution is -1.88. The molecule has 2 aromatic heterocycles. The molecule has 0 atom stereocenters. The predicted molar refractivity (Wildman–Crippen MR) is 99.3 cm³/mol. The van der Waals surface area contributed by atoms with E-state index in [0.29, 0.717) is 0 Å². The highest BCUT2D eigenvalue weighted by Gasteiger charge is 2.00. The van der Waals surface area contributed by atoms with Crippen LogP contribution in [0.15, 0.2) is 67.3 Å². The second-order valence-corrected chi connectivity index (χ2v) is 5.23. The minimum atomic E-state index is 0.845. The van der Waals surface area contributed by atoms with Crippen LogP contribution in [-0.4, -0.2) is 17.1 Å². The van der Waals surface area contributed by atoms with E-state index >= 15 is 0 Å². The fourth-order valence-corrected chi connectivity index (χ4v) is 2.30. The number of pyridine rings is 2. The van der Waals surface area contributed by atoms with Gasteiger partial charge in [-0.3, -0.25) is 9.97 Å². The van der Waals surface area contributed by atoms with Gasteiger partial charge in [0.25, 0.3) is 0 Å². The molecule has 3 aromatic rings. The molecular formula is C21H18N2O. The molecule has 2 heterocycles.